The van der Waals surface area contributed by atoms with Crippen molar-refractivity contribution in [2.75, 3.05) is 11.9 Å². The quantitative estimate of drug-likeness (QED) is 0.760. The maximum Gasteiger partial charge on any atom is 0.373 e. The summed E-state index contributed by atoms with van der Waals surface area (Å²) in [6.07, 6.45) is 0. The molecule has 16 heavy (non-hydrogen) atoms. The number of carboxylic acids is 1. The second-order valence-electron chi connectivity index (χ2n) is 3.51. The smallest absolute Gasteiger partial charge is 0.373 e. The maximum absolute atomic E-state index is 11.3. The number of carboxylic acid groups (broad SMARTS) is 1. The zero-order valence-electron chi connectivity index (χ0n) is 8.47. The molecule has 0 bridgehead atoms. The summed E-state index contributed by atoms with van der Waals surface area (Å²) in [5, 5.41) is 11.2. The van der Waals surface area contributed by atoms with E-state index in [1.807, 2.05) is 24.3 Å². The van der Waals surface area contributed by atoms with E-state index in [1.165, 1.54) is 11.8 Å². The van der Waals surface area contributed by atoms with Gasteiger partial charge in [-0.05, 0) is 11.6 Å². The van der Waals surface area contributed by atoms with E-state index in [4.69, 9.17) is 5.11 Å². The molecule has 0 radical (unpaired) electrons. The lowest BCUT2D eigenvalue weighted by Crippen LogP contribution is -2.30. The molecule has 0 fully saturated rings. The first-order valence-corrected chi connectivity index (χ1v) is 5.94. The fourth-order valence-electron chi connectivity index (χ4n) is 1.58. The number of aliphatic carboxylic acids is 1. The Hall–Kier alpha value is -1.49. The molecular weight excluding hydrogens is 226 g/mol. The molecule has 2 rings (SSSR count). The van der Waals surface area contributed by atoms with Crippen molar-refractivity contribution in [1.29, 1.82) is 0 Å². The van der Waals surface area contributed by atoms with Crippen molar-refractivity contribution in [2.24, 2.45) is 0 Å². The second kappa shape index (κ2) is 4.57. The highest BCUT2D eigenvalue weighted by Crippen LogP contribution is 2.28. The Morgan fingerprint density at radius 1 is 1.38 bits per heavy atom. The molecule has 1 heterocycles. The normalized spacial score (nSPS) is 19.1. The summed E-state index contributed by atoms with van der Waals surface area (Å²) in [7, 11) is 0. The lowest BCUT2D eigenvalue weighted by Gasteiger charge is -2.09. The van der Waals surface area contributed by atoms with Gasteiger partial charge in [0, 0.05) is 18.0 Å². The average Bonchev–Trinajstić information content (AvgIpc) is 2.50. The number of hydrogen-bond donors (Lipinski definition) is 2. The summed E-state index contributed by atoms with van der Waals surface area (Å²) in [6, 6.07) is 7.75. The number of carbonyl (C=O) groups is 2. The van der Waals surface area contributed by atoms with Gasteiger partial charge in [-0.1, -0.05) is 18.2 Å². The average molecular weight is 237 g/mol. The van der Waals surface area contributed by atoms with Gasteiger partial charge in [0.25, 0.3) is 5.78 Å². The molecule has 0 spiro atoms. The van der Waals surface area contributed by atoms with Crippen LogP contribution in [0.15, 0.2) is 24.3 Å². The molecule has 0 saturated heterocycles. The minimum atomic E-state index is -1.36. The number of para-hydroxylation sites is 1. The van der Waals surface area contributed by atoms with Crippen molar-refractivity contribution in [3.05, 3.63) is 29.8 Å². The van der Waals surface area contributed by atoms with Gasteiger partial charge in [-0.2, -0.15) is 0 Å². The zero-order chi connectivity index (χ0) is 11.5. The van der Waals surface area contributed by atoms with Crippen LogP contribution < -0.4 is 5.32 Å². The van der Waals surface area contributed by atoms with E-state index in [0.717, 1.165) is 11.3 Å². The molecule has 4 nitrogen and oxygen atoms in total. The summed E-state index contributed by atoms with van der Waals surface area (Å²) >= 11 is 1.37. The van der Waals surface area contributed by atoms with Crippen molar-refractivity contribution < 1.29 is 14.7 Å². The molecule has 1 aliphatic rings. The van der Waals surface area contributed by atoms with Crippen LogP contribution in [0.2, 0.25) is 0 Å². The standard InChI is InChI=1S/C11H11NO3S/c13-10(11(14)15)9-5-12-8-4-2-1-3-7(8)6-16-9/h1-4,9,12H,5-6H2,(H,14,15). The highest BCUT2D eigenvalue weighted by atomic mass is 32.2. The van der Waals surface area contributed by atoms with Crippen LogP contribution in [-0.4, -0.2) is 28.7 Å². The molecule has 2 N–H and O–H groups in total. The van der Waals surface area contributed by atoms with Crippen LogP contribution in [0.4, 0.5) is 5.69 Å². The van der Waals surface area contributed by atoms with Crippen molar-refractivity contribution in [2.45, 2.75) is 11.0 Å². The molecule has 0 saturated carbocycles. The summed E-state index contributed by atoms with van der Waals surface area (Å²) in [6.45, 7) is 0.368. The van der Waals surface area contributed by atoms with E-state index < -0.39 is 17.0 Å². The van der Waals surface area contributed by atoms with Gasteiger partial charge >= 0.3 is 5.97 Å². The highest BCUT2D eigenvalue weighted by Gasteiger charge is 2.27. The number of thioether (sulfide) groups is 1. The molecule has 1 unspecified atom stereocenters. The van der Waals surface area contributed by atoms with E-state index in [1.54, 1.807) is 0 Å². The summed E-state index contributed by atoms with van der Waals surface area (Å²) in [5.74, 6) is -1.43. The number of anilines is 1. The van der Waals surface area contributed by atoms with Gasteiger partial charge in [-0.15, -0.1) is 11.8 Å². The van der Waals surface area contributed by atoms with E-state index in [-0.39, 0.29) is 0 Å². The lowest BCUT2D eigenvalue weighted by atomic mass is 10.2. The zero-order valence-corrected chi connectivity index (χ0v) is 9.29. The van der Waals surface area contributed by atoms with Crippen LogP contribution in [-0.2, 0) is 15.3 Å². The monoisotopic (exact) mass is 237 g/mol. The molecule has 1 aromatic rings. The highest BCUT2D eigenvalue weighted by molar-refractivity contribution is 8.00. The van der Waals surface area contributed by atoms with Crippen LogP contribution in [0.5, 0.6) is 0 Å². The lowest BCUT2D eigenvalue weighted by molar-refractivity contribution is -0.148. The van der Waals surface area contributed by atoms with Gasteiger partial charge in [-0.25, -0.2) is 4.79 Å². The first-order valence-electron chi connectivity index (χ1n) is 4.89. The summed E-state index contributed by atoms with van der Waals surface area (Å²) in [5.41, 5.74) is 2.09. The van der Waals surface area contributed by atoms with Crippen LogP contribution in [0.1, 0.15) is 5.56 Å². The Kier molecular flexibility index (Phi) is 3.14. The Labute approximate surface area is 97.0 Å². The van der Waals surface area contributed by atoms with Gasteiger partial charge in [-0.3, -0.25) is 4.79 Å². The minimum absolute atomic E-state index is 0.368. The van der Waals surface area contributed by atoms with Crippen LogP contribution in [0.25, 0.3) is 0 Å². The van der Waals surface area contributed by atoms with Crippen LogP contribution in [0.3, 0.4) is 0 Å². The molecule has 5 heteroatoms. The number of nitrogens with one attached hydrogen (secondary N) is 1. The molecule has 84 valence electrons. The van der Waals surface area contributed by atoms with Crippen LogP contribution >= 0.6 is 11.8 Å². The number of ketones is 1. The first kappa shape index (κ1) is 11.0. The number of rotatable bonds is 2. The van der Waals surface area contributed by atoms with E-state index in [0.29, 0.717) is 12.3 Å². The van der Waals surface area contributed by atoms with Gasteiger partial charge < -0.3 is 10.4 Å². The van der Waals surface area contributed by atoms with E-state index in [2.05, 4.69) is 5.32 Å². The Morgan fingerprint density at radius 2 is 2.12 bits per heavy atom. The third-order valence-corrected chi connectivity index (χ3v) is 3.70. The Balaban J connectivity index is 2.13. The Morgan fingerprint density at radius 3 is 2.88 bits per heavy atom. The second-order valence-corrected chi connectivity index (χ2v) is 4.70. The van der Waals surface area contributed by atoms with Crippen LogP contribution in [0, 0.1) is 0 Å². The van der Waals surface area contributed by atoms with Gasteiger partial charge in [0.1, 0.15) is 0 Å². The molecule has 0 aliphatic carbocycles. The number of fused-ring (bicyclic) bond motifs is 1. The van der Waals surface area contributed by atoms with Crippen molar-refractivity contribution >= 4 is 29.2 Å². The number of carbonyl (C=O) groups excluding carboxylic acids is 1. The molecular formula is C11H11NO3S. The van der Waals surface area contributed by atoms with Crippen molar-refractivity contribution in [3.63, 3.8) is 0 Å². The number of hydrogen-bond acceptors (Lipinski definition) is 4. The molecule has 1 atom stereocenters. The largest absolute Gasteiger partial charge is 0.475 e. The fourth-order valence-corrected chi connectivity index (χ4v) is 2.66. The molecule has 1 aliphatic heterocycles. The first-order chi connectivity index (χ1) is 7.68. The number of Topliss-reactive ketones (excluding diaryl/α,β-unsaturated/α-hetero) is 1. The Bertz CT molecular complexity index is 406. The van der Waals surface area contributed by atoms with Gasteiger partial charge in [0.05, 0.1) is 5.25 Å². The summed E-state index contributed by atoms with van der Waals surface area (Å²) < 4.78 is 0. The SMILES string of the molecule is O=C(O)C(=O)C1CNc2ccccc2CS1. The van der Waals surface area contributed by atoms with Crippen molar-refractivity contribution in [3.8, 4) is 0 Å². The predicted octanol–water partition coefficient (Wildman–Crippen LogP) is 1.37. The minimum Gasteiger partial charge on any atom is -0.475 e. The topological polar surface area (TPSA) is 66.4 Å². The third kappa shape index (κ3) is 2.19. The van der Waals surface area contributed by atoms with Gasteiger partial charge in [0.15, 0.2) is 0 Å². The van der Waals surface area contributed by atoms with E-state index >= 15 is 0 Å². The van der Waals surface area contributed by atoms with Crippen molar-refractivity contribution in [1.82, 2.24) is 0 Å². The van der Waals surface area contributed by atoms with E-state index in [9.17, 15) is 9.59 Å². The fraction of sp³-hybridized carbons (Fsp3) is 0.273. The third-order valence-electron chi connectivity index (χ3n) is 2.44. The van der Waals surface area contributed by atoms with Gasteiger partial charge in [0.2, 0.25) is 0 Å². The molecule has 1 aromatic carbocycles. The predicted molar refractivity (Wildman–Crippen MR) is 62.7 cm³/mol. The number of benzene rings is 1. The maximum atomic E-state index is 11.3. The molecule has 0 aromatic heterocycles. The summed E-state index contributed by atoms with van der Waals surface area (Å²) in [4.78, 5) is 21.9. The molecule has 0 amide bonds.